The first kappa shape index (κ1) is 24.1. The van der Waals surface area contributed by atoms with E-state index in [1.54, 1.807) is 7.05 Å². The van der Waals surface area contributed by atoms with Crippen LogP contribution in [0.5, 0.6) is 0 Å². The van der Waals surface area contributed by atoms with Crippen molar-refractivity contribution in [2.24, 2.45) is 5.92 Å². The highest BCUT2D eigenvalue weighted by Crippen LogP contribution is 2.20. The molecule has 0 atom stereocenters. The minimum atomic E-state index is -0.229. The van der Waals surface area contributed by atoms with Crippen molar-refractivity contribution in [3.63, 3.8) is 0 Å². The molecular weight excluding hydrogens is 418 g/mol. The summed E-state index contributed by atoms with van der Waals surface area (Å²) in [7, 11) is 1.63. The highest BCUT2D eigenvalue weighted by atomic mass is 16.2. The predicted molar refractivity (Wildman–Crippen MR) is 132 cm³/mol. The number of nitrogens with one attached hydrogen (secondary N) is 2. The van der Waals surface area contributed by atoms with Gasteiger partial charge in [0.25, 0.3) is 0 Å². The maximum absolute atomic E-state index is 12.6. The Balaban J connectivity index is 1.47. The van der Waals surface area contributed by atoms with E-state index in [-0.39, 0.29) is 30.3 Å². The van der Waals surface area contributed by atoms with Crippen LogP contribution in [0, 0.1) is 12.8 Å². The van der Waals surface area contributed by atoms with E-state index >= 15 is 0 Å². The van der Waals surface area contributed by atoms with Crippen molar-refractivity contribution < 1.29 is 14.4 Å². The van der Waals surface area contributed by atoms with Crippen molar-refractivity contribution in [3.05, 3.63) is 54.1 Å². The van der Waals surface area contributed by atoms with Crippen molar-refractivity contribution in [1.82, 2.24) is 9.80 Å². The number of piperazine rings is 1. The molecule has 0 aromatic heterocycles. The summed E-state index contributed by atoms with van der Waals surface area (Å²) < 4.78 is 0. The summed E-state index contributed by atoms with van der Waals surface area (Å²) in [4.78, 5) is 42.2. The van der Waals surface area contributed by atoms with Gasteiger partial charge in [-0.05, 0) is 48.9 Å². The van der Waals surface area contributed by atoms with Gasteiger partial charge in [0.05, 0.1) is 6.54 Å². The van der Waals surface area contributed by atoms with Crippen LogP contribution >= 0.6 is 0 Å². The minimum absolute atomic E-state index is 0.0192. The fourth-order valence-electron chi connectivity index (χ4n) is 3.78. The molecule has 2 N–H and O–H groups in total. The zero-order valence-electron chi connectivity index (χ0n) is 19.8. The van der Waals surface area contributed by atoms with Gasteiger partial charge in [0.2, 0.25) is 11.8 Å². The molecule has 1 heterocycles. The Morgan fingerprint density at radius 2 is 1.61 bits per heavy atom. The zero-order valence-corrected chi connectivity index (χ0v) is 19.8. The number of amides is 4. The molecule has 3 rings (SSSR count). The molecular formula is C25H33N5O3. The third kappa shape index (κ3) is 6.71. The van der Waals surface area contributed by atoms with Crippen LogP contribution in [0.4, 0.5) is 21.9 Å². The van der Waals surface area contributed by atoms with E-state index < -0.39 is 0 Å². The number of rotatable bonds is 6. The second-order valence-electron chi connectivity index (χ2n) is 8.72. The largest absolute Gasteiger partial charge is 0.368 e. The van der Waals surface area contributed by atoms with Gasteiger partial charge in [-0.3, -0.25) is 9.59 Å². The smallest absolute Gasteiger partial charge is 0.321 e. The molecule has 0 aliphatic carbocycles. The fraction of sp³-hybridized carbons (Fsp3) is 0.400. The summed E-state index contributed by atoms with van der Waals surface area (Å²) >= 11 is 0. The standard InChI is InChI=1S/C25H33N5O3/c1-18(2)24(32)28(4)17-23(31)26-20-8-10-22(11-9-20)29-12-14-30(15-13-29)25(33)27-21-7-5-6-19(3)16-21/h5-11,16,18H,12-15,17H2,1-4H3,(H,26,31)(H,27,33). The second kappa shape index (κ2) is 10.8. The van der Waals surface area contributed by atoms with Crippen LogP contribution in [0.15, 0.2) is 48.5 Å². The number of anilines is 3. The third-order valence-electron chi connectivity index (χ3n) is 5.60. The normalized spacial score (nSPS) is 13.6. The highest BCUT2D eigenvalue weighted by Gasteiger charge is 2.21. The molecule has 1 aliphatic heterocycles. The SMILES string of the molecule is Cc1cccc(NC(=O)N2CCN(c3ccc(NC(=O)CN(C)C(=O)C(C)C)cc3)CC2)c1. The number of nitrogens with zero attached hydrogens (tertiary/aromatic N) is 3. The molecule has 0 spiro atoms. The van der Waals surface area contributed by atoms with Crippen LogP contribution in [0.25, 0.3) is 0 Å². The summed E-state index contributed by atoms with van der Waals surface area (Å²) in [5.74, 6) is -0.434. The van der Waals surface area contributed by atoms with Gasteiger partial charge < -0.3 is 25.3 Å². The van der Waals surface area contributed by atoms with Gasteiger partial charge in [0.15, 0.2) is 0 Å². The Morgan fingerprint density at radius 1 is 0.939 bits per heavy atom. The van der Waals surface area contributed by atoms with Crippen LogP contribution < -0.4 is 15.5 Å². The van der Waals surface area contributed by atoms with Crippen molar-refractivity contribution in [2.45, 2.75) is 20.8 Å². The lowest BCUT2D eigenvalue weighted by Crippen LogP contribution is -2.50. The number of hydrogen-bond acceptors (Lipinski definition) is 4. The minimum Gasteiger partial charge on any atom is -0.368 e. The van der Waals surface area contributed by atoms with Crippen molar-refractivity contribution in [1.29, 1.82) is 0 Å². The molecule has 0 radical (unpaired) electrons. The number of likely N-dealkylation sites (N-methyl/N-ethyl adjacent to an activating group) is 1. The Kier molecular flexibility index (Phi) is 7.92. The molecule has 0 saturated carbocycles. The summed E-state index contributed by atoms with van der Waals surface area (Å²) in [5, 5.41) is 5.80. The number of hydrogen-bond donors (Lipinski definition) is 2. The maximum atomic E-state index is 12.6. The average Bonchev–Trinajstić information content (AvgIpc) is 2.79. The summed E-state index contributed by atoms with van der Waals surface area (Å²) in [6.07, 6.45) is 0. The summed E-state index contributed by atoms with van der Waals surface area (Å²) in [6.45, 7) is 8.36. The Morgan fingerprint density at radius 3 is 2.21 bits per heavy atom. The van der Waals surface area contributed by atoms with Crippen LogP contribution in [0.2, 0.25) is 0 Å². The van der Waals surface area contributed by atoms with Crippen LogP contribution in [0.1, 0.15) is 19.4 Å². The number of aryl methyl sites for hydroxylation is 1. The third-order valence-corrected chi connectivity index (χ3v) is 5.60. The topological polar surface area (TPSA) is 85.0 Å². The molecule has 2 aromatic carbocycles. The molecule has 1 fully saturated rings. The van der Waals surface area contributed by atoms with Gasteiger partial charge >= 0.3 is 6.03 Å². The van der Waals surface area contributed by atoms with Gasteiger partial charge in [0.1, 0.15) is 0 Å². The fourth-order valence-corrected chi connectivity index (χ4v) is 3.78. The number of benzene rings is 2. The van der Waals surface area contributed by atoms with Gasteiger partial charge in [-0.15, -0.1) is 0 Å². The first-order valence-corrected chi connectivity index (χ1v) is 11.3. The van der Waals surface area contributed by atoms with Crippen LogP contribution in [-0.2, 0) is 9.59 Å². The number of carbonyl (C=O) groups excluding carboxylic acids is 3. The lowest BCUT2D eigenvalue weighted by molar-refractivity contribution is -0.136. The van der Waals surface area contributed by atoms with Crippen molar-refractivity contribution in [2.75, 3.05) is 55.3 Å². The lowest BCUT2D eigenvalue weighted by Gasteiger charge is -2.36. The monoisotopic (exact) mass is 451 g/mol. The molecule has 176 valence electrons. The van der Waals surface area contributed by atoms with E-state index in [4.69, 9.17) is 0 Å². The van der Waals surface area contributed by atoms with E-state index in [2.05, 4.69) is 15.5 Å². The van der Waals surface area contributed by atoms with Gasteiger partial charge in [-0.25, -0.2) is 4.79 Å². The molecule has 1 aliphatic rings. The zero-order chi connectivity index (χ0) is 24.0. The molecule has 0 bridgehead atoms. The average molecular weight is 452 g/mol. The molecule has 33 heavy (non-hydrogen) atoms. The predicted octanol–water partition coefficient (Wildman–Crippen LogP) is 3.40. The molecule has 8 nitrogen and oxygen atoms in total. The maximum Gasteiger partial charge on any atom is 0.321 e. The molecule has 8 heteroatoms. The van der Waals surface area contributed by atoms with Crippen molar-refractivity contribution >= 4 is 34.9 Å². The molecule has 2 aromatic rings. The molecule has 4 amide bonds. The Hall–Kier alpha value is -3.55. The lowest BCUT2D eigenvalue weighted by atomic mass is 10.2. The van der Waals surface area contributed by atoms with Gasteiger partial charge in [0, 0.05) is 56.2 Å². The van der Waals surface area contributed by atoms with E-state index in [0.29, 0.717) is 18.8 Å². The molecule has 0 unspecified atom stereocenters. The van der Waals surface area contributed by atoms with Gasteiger partial charge in [-0.2, -0.15) is 0 Å². The highest BCUT2D eigenvalue weighted by molar-refractivity contribution is 5.94. The summed E-state index contributed by atoms with van der Waals surface area (Å²) in [6, 6.07) is 15.3. The quantitative estimate of drug-likeness (QED) is 0.705. The van der Waals surface area contributed by atoms with E-state index in [0.717, 1.165) is 30.0 Å². The number of urea groups is 1. The van der Waals surface area contributed by atoms with Gasteiger partial charge in [-0.1, -0.05) is 26.0 Å². The van der Waals surface area contributed by atoms with Crippen molar-refractivity contribution in [3.8, 4) is 0 Å². The van der Waals surface area contributed by atoms with E-state index in [1.165, 1.54) is 4.90 Å². The first-order chi connectivity index (χ1) is 15.7. The Labute approximate surface area is 195 Å². The first-order valence-electron chi connectivity index (χ1n) is 11.3. The van der Waals surface area contributed by atoms with Crippen LogP contribution in [0.3, 0.4) is 0 Å². The molecule has 1 saturated heterocycles. The Bertz CT molecular complexity index is 982. The second-order valence-corrected chi connectivity index (χ2v) is 8.72. The van der Waals surface area contributed by atoms with Crippen LogP contribution in [-0.4, -0.2) is 67.4 Å². The van der Waals surface area contributed by atoms with E-state index in [9.17, 15) is 14.4 Å². The summed E-state index contributed by atoms with van der Waals surface area (Å²) in [5.41, 5.74) is 3.64. The number of carbonyl (C=O) groups is 3. The van der Waals surface area contributed by atoms with E-state index in [1.807, 2.05) is 74.2 Å².